The number of fused-ring (bicyclic) bond motifs is 1. The fourth-order valence-corrected chi connectivity index (χ4v) is 5.50. The van der Waals surface area contributed by atoms with Gasteiger partial charge in [0.2, 0.25) is 5.91 Å². The van der Waals surface area contributed by atoms with Crippen molar-refractivity contribution < 1.29 is 14.0 Å². The van der Waals surface area contributed by atoms with Crippen LogP contribution >= 0.6 is 0 Å². The number of nitrogens with zero attached hydrogens (tertiary/aromatic N) is 5. The summed E-state index contributed by atoms with van der Waals surface area (Å²) >= 11 is 0. The lowest BCUT2D eigenvalue weighted by Gasteiger charge is -2.34. The van der Waals surface area contributed by atoms with Gasteiger partial charge in [0.25, 0.3) is 5.91 Å². The summed E-state index contributed by atoms with van der Waals surface area (Å²) in [6.07, 6.45) is 10.4. The molecule has 190 valence electrons. The van der Waals surface area contributed by atoms with Crippen molar-refractivity contribution in [3.8, 4) is 0 Å². The smallest absolute Gasteiger partial charge is 0.255 e. The third kappa shape index (κ3) is 4.59. The average molecular weight is 500 g/mol. The van der Waals surface area contributed by atoms with Crippen molar-refractivity contribution in [1.82, 2.24) is 19.9 Å². The van der Waals surface area contributed by atoms with Gasteiger partial charge in [-0.15, -0.1) is 5.10 Å². The van der Waals surface area contributed by atoms with Gasteiger partial charge < -0.3 is 4.90 Å². The molecule has 1 unspecified atom stereocenters. The number of halogens is 1. The molecule has 1 aliphatic heterocycles. The van der Waals surface area contributed by atoms with Crippen LogP contribution in [0, 0.1) is 5.82 Å². The molecular weight excluding hydrogens is 469 g/mol. The first-order valence-electron chi connectivity index (χ1n) is 12.7. The van der Waals surface area contributed by atoms with Gasteiger partial charge in [0.05, 0.1) is 5.52 Å². The Hall–Kier alpha value is -4.07. The van der Waals surface area contributed by atoms with Crippen LogP contribution in [0.5, 0.6) is 0 Å². The monoisotopic (exact) mass is 499 g/mol. The van der Waals surface area contributed by atoms with Gasteiger partial charge in [-0.25, -0.2) is 9.07 Å². The van der Waals surface area contributed by atoms with E-state index < -0.39 is 17.8 Å². The molecule has 0 saturated heterocycles. The second-order valence-corrected chi connectivity index (χ2v) is 9.43. The van der Waals surface area contributed by atoms with Gasteiger partial charge in [0.1, 0.15) is 23.9 Å². The van der Waals surface area contributed by atoms with Crippen LogP contribution in [0.1, 0.15) is 39.0 Å². The number of hydrogen-bond acceptors (Lipinski definition) is 4. The highest BCUT2D eigenvalue weighted by Crippen LogP contribution is 2.38. The van der Waals surface area contributed by atoms with Crippen LogP contribution in [0.2, 0.25) is 0 Å². The van der Waals surface area contributed by atoms with Gasteiger partial charge >= 0.3 is 0 Å². The molecule has 0 radical (unpaired) electrons. The van der Waals surface area contributed by atoms with E-state index in [0.29, 0.717) is 28.0 Å². The third-order valence-electron chi connectivity index (χ3n) is 7.12. The first-order chi connectivity index (χ1) is 18.0. The first kappa shape index (κ1) is 24.6. The average Bonchev–Trinajstić information content (AvgIpc) is 3.43. The van der Waals surface area contributed by atoms with Crippen LogP contribution in [0.15, 0.2) is 84.6 Å². The zero-order valence-corrected chi connectivity index (χ0v) is 20.9. The number of amides is 2. The van der Waals surface area contributed by atoms with Crippen molar-refractivity contribution in [2.75, 3.05) is 4.90 Å². The predicted octanol–water partition coefficient (Wildman–Crippen LogP) is 5.16. The van der Waals surface area contributed by atoms with Crippen molar-refractivity contribution in [3.05, 3.63) is 90.4 Å². The van der Waals surface area contributed by atoms with E-state index in [9.17, 15) is 14.0 Å². The molecule has 37 heavy (non-hydrogen) atoms. The predicted molar refractivity (Wildman–Crippen MR) is 141 cm³/mol. The Labute approximate surface area is 215 Å². The van der Waals surface area contributed by atoms with E-state index in [2.05, 4.69) is 16.9 Å². The van der Waals surface area contributed by atoms with Crippen molar-refractivity contribution in [2.45, 2.75) is 57.7 Å². The maximum absolute atomic E-state index is 14.4. The summed E-state index contributed by atoms with van der Waals surface area (Å²) in [5, 5.41) is 8.30. The maximum atomic E-state index is 14.4. The lowest BCUT2D eigenvalue weighted by molar-refractivity contribution is -0.132. The van der Waals surface area contributed by atoms with Crippen LogP contribution in [-0.2, 0) is 16.1 Å². The summed E-state index contributed by atoms with van der Waals surface area (Å²) < 4.78 is 15.9. The number of carbonyl (C=O) groups excluding carboxylic acids is 2. The van der Waals surface area contributed by atoms with E-state index in [1.54, 1.807) is 18.2 Å². The lowest BCUT2D eigenvalue weighted by Crippen LogP contribution is -2.50. The molecule has 2 aromatic carbocycles. The summed E-state index contributed by atoms with van der Waals surface area (Å²) in [4.78, 5) is 31.4. The highest BCUT2D eigenvalue weighted by atomic mass is 19.1. The first-order valence-corrected chi connectivity index (χ1v) is 12.7. The molecule has 1 fully saturated rings. The van der Waals surface area contributed by atoms with Crippen molar-refractivity contribution in [1.29, 1.82) is 0 Å². The number of para-hydroxylation sites is 1. The lowest BCUT2D eigenvalue weighted by atomic mass is 9.94. The van der Waals surface area contributed by atoms with Gasteiger partial charge in [0.15, 0.2) is 0 Å². The minimum atomic E-state index is -0.949. The number of allylic oxidation sites excluding steroid dienone is 2. The van der Waals surface area contributed by atoms with Crippen LogP contribution in [0.4, 0.5) is 10.1 Å². The van der Waals surface area contributed by atoms with Gasteiger partial charge in [0, 0.05) is 23.0 Å². The van der Waals surface area contributed by atoms with Crippen molar-refractivity contribution in [2.24, 2.45) is 0 Å². The molecule has 0 N–H and O–H groups in total. The Bertz CT molecular complexity index is 1400. The van der Waals surface area contributed by atoms with Crippen LogP contribution < -0.4 is 4.90 Å². The van der Waals surface area contributed by atoms with Gasteiger partial charge in [-0.2, -0.15) is 0 Å². The molecule has 1 atom stereocenters. The van der Waals surface area contributed by atoms with E-state index in [-0.39, 0.29) is 18.5 Å². The molecule has 1 aliphatic carbocycles. The maximum Gasteiger partial charge on any atom is 0.255 e. The summed E-state index contributed by atoms with van der Waals surface area (Å²) in [5.74, 6) is -1.08. The van der Waals surface area contributed by atoms with E-state index in [0.717, 1.165) is 32.1 Å². The molecule has 8 heteroatoms. The molecule has 2 aliphatic rings. The standard InChI is InChI=1S/C29H30FN5O2/c1-3-11-23-25(4-2)34(21-13-6-5-7-14-21)29(37)28(23)35(22-15-10-12-20(30)18-22)27(36)19-33-26-17-9-8-16-24(26)31-32-33/h3-4,8-12,15-18,21,28H,2,5-7,13-14,19H2,1H3/b11-3-. The Morgan fingerprint density at radius 1 is 1.16 bits per heavy atom. The number of anilines is 1. The second-order valence-electron chi connectivity index (χ2n) is 9.43. The Morgan fingerprint density at radius 3 is 2.68 bits per heavy atom. The van der Waals surface area contributed by atoms with E-state index >= 15 is 0 Å². The van der Waals surface area contributed by atoms with E-state index in [4.69, 9.17) is 0 Å². The number of rotatable bonds is 7. The zero-order valence-electron chi connectivity index (χ0n) is 20.9. The van der Waals surface area contributed by atoms with E-state index in [1.165, 1.54) is 21.7 Å². The molecule has 5 rings (SSSR count). The zero-order chi connectivity index (χ0) is 25.9. The Balaban J connectivity index is 1.60. The normalized spacial score (nSPS) is 18.8. The van der Waals surface area contributed by atoms with Gasteiger partial charge in [-0.1, -0.05) is 61.4 Å². The molecule has 0 bridgehead atoms. The number of aromatic nitrogens is 3. The molecule has 3 aromatic rings. The van der Waals surface area contributed by atoms with Crippen LogP contribution in [-0.4, -0.2) is 43.8 Å². The van der Waals surface area contributed by atoms with Gasteiger partial charge in [-0.3, -0.25) is 14.5 Å². The van der Waals surface area contributed by atoms with Crippen molar-refractivity contribution >= 4 is 28.5 Å². The van der Waals surface area contributed by atoms with Gasteiger partial charge in [-0.05, 0) is 56.2 Å². The Kier molecular flexibility index (Phi) is 6.99. The molecular formula is C29H30FN5O2. The van der Waals surface area contributed by atoms with E-state index in [1.807, 2.05) is 48.2 Å². The molecule has 2 amide bonds. The minimum Gasteiger partial charge on any atom is -0.307 e. The van der Waals surface area contributed by atoms with Crippen molar-refractivity contribution in [3.63, 3.8) is 0 Å². The summed E-state index contributed by atoms with van der Waals surface area (Å²) in [7, 11) is 0. The SMILES string of the molecule is C=CC1=C(/C=C\C)C(N(C(=O)Cn2nnc3ccccc32)c2cccc(F)c2)C(=O)N1C1CCCCC1. The minimum absolute atomic E-state index is 0.0447. The highest BCUT2D eigenvalue weighted by molar-refractivity contribution is 6.05. The molecule has 2 heterocycles. The summed E-state index contributed by atoms with van der Waals surface area (Å²) in [5.41, 5.74) is 3.06. The largest absolute Gasteiger partial charge is 0.307 e. The van der Waals surface area contributed by atoms with Crippen LogP contribution in [0.3, 0.4) is 0 Å². The van der Waals surface area contributed by atoms with Crippen LogP contribution in [0.25, 0.3) is 11.0 Å². The summed E-state index contributed by atoms with van der Waals surface area (Å²) in [6.45, 7) is 5.72. The highest BCUT2D eigenvalue weighted by Gasteiger charge is 2.46. The topological polar surface area (TPSA) is 71.3 Å². The summed E-state index contributed by atoms with van der Waals surface area (Å²) in [6, 6.07) is 12.3. The fourth-order valence-electron chi connectivity index (χ4n) is 5.50. The molecule has 1 aromatic heterocycles. The fraction of sp³-hybridized carbons (Fsp3) is 0.310. The number of benzene rings is 2. The number of hydrogen-bond donors (Lipinski definition) is 0. The molecule has 1 saturated carbocycles. The number of carbonyl (C=O) groups is 2. The Morgan fingerprint density at radius 2 is 1.95 bits per heavy atom. The molecule has 0 spiro atoms. The quantitative estimate of drug-likeness (QED) is 0.450. The second kappa shape index (κ2) is 10.5. The third-order valence-corrected chi connectivity index (χ3v) is 7.12. The molecule has 7 nitrogen and oxygen atoms in total.